The monoisotopic (exact) mass is 467 g/mol. The van der Waals surface area contributed by atoms with Crippen LogP contribution >= 0.6 is 0 Å². The highest BCUT2D eigenvalue weighted by Gasteiger charge is 2.21. The zero-order valence-corrected chi connectivity index (χ0v) is 19.4. The maximum atomic E-state index is 11.8. The number of hydrogen-bond donors (Lipinski definition) is 2. The summed E-state index contributed by atoms with van der Waals surface area (Å²) in [6, 6.07) is 25.8. The van der Waals surface area contributed by atoms with Crippen LogP contribution in [0.3, 0.4) is 0 Å². The molecule has 0 saturated carbocycles. The molecule has 0 saturated heterocycles. The smallest absolute Gasteiger partial charge is 0.335 e. The maximum Gasteiger partial charge on any atom is 0.335 e. The molecule has 0 aliphatic rings. The average molecular weight is 468 g/mol. The van der Waals surface area contributed by atoms with Crippen molar-refractivity contribution in [3.8, 4) is 11.1 Å². The predicted molar refractivity (Wildman–Crippen MR) is 134 cm³/mol. The molecule has 4 rings (SSSR count). The van der Waals surface area contributed by atoms with Gasteiger partial charge in [0, 0.05) is 25.5 Å². The first kappa shape index (κ1) is 23.6. The Labute approximate surface area is 202 Å². The number of nitrogens with zero attached hydrogens (tertiary/aromatic N) is 3. The third kappa shape index (κ3) is 5.19. The molecule has 7 heteroatoms. The molecule has 3 aromatic carbocycles. The summed E-state index contributed by atoms with van der Waals surface area (Å²) in [5, 5.41) is 26.7. The quantitative estimate of drug-likeness (QED) is 0.230. The van der Waals surface area contributed by atoms with Crippen molar-refractivity contribution < 1.29 is 15.1 Å². The molecule has 0 aliphatic carbocycles. The number of aryl methyl sites for hydroxylation is 2. The van der Waals surface area contributed by atoms with E-state index in [0.717, 1.165) is 27.8 Å². The third-order valence-corrected chi connectivity index (χ3v) is 6.12. The van der Waals surface area contributed by atoms with Crippen LogP contribution in [-0.4, -0.2) is 31.8 Å². The van der Waals surface area contributed by atoms with E-state index in [1.807, 2.05) is 49.4 Å². The van der Waals surface area contributed by atoms with Crippen molar-refractivity contribution in [3.05, 3.63) is 123 Å². The number of carbonyl (C=O) groups is 1. The summed E-state index contributed by atoms with van der Waals surface area (Å²) in [5.41, 5.74) is 5.92. The lowest BCUT2D eigenvalue weighted by Gasteiger charge is -2.21. The molecule has 0 amide bonds. The number of hydrogen-bond acceptors (Lipinski definition) is 5. The van der Waals surface area contributed by atoms with Gasteiger partial charge < -0.3 is 10.3 Å². The van der Waals surface area contributed by atoms with Crippen molar-refractivity contribution >= 4 is 11.7 Å². The van der Waals surface area contributed by atoms with E-state index in [1.54, 1.807) is 37.4 Å². The summed E-state index contributed by atoms with van der Waals surface area (Å²) in [5.74, 6) is -1.08. The molecular formula is C28H25N3O4. The Bertz CT molecular complexity index is 1440. The van der Waals surface area contributed by atoms with Crippen LogP contribution in [0.5, 0.6) is 0 Å². The first-order valence-corrected chi connectivity index (χ1v) is 11.1. The van der Waals surface area contributed by atoms with Crippen molar-refractivity contribution in [2.24, 2.45) is 12.2 Å². The zero-order chi connectivity index (χ0) is 24.9. The Morgan fingerprint density at radius 2 is 1.57 bits per heavy atom. The number of benzene rings is 3. The van der Waals surface area contributed by atoms with Gasteiger partial charge in [-0.2, -0.15) is 5.10 Å². The largest absolute Gasteiger partial charge is 0.478 e. The van der Waals surface area contributed by atoms with E-state index in [9.17, 15) is 14.8 Å². The van der Waals surface area contributed by atoms with E-state index in [0.29, 0.717) is 17.8 Å². The highest BCUT2D eigenvalue weighted by Crippen LogP contribution is 2.33. The normalized spacial score (nSPS) is 12.3. The van der Waals surface area contributed by atoms with E-state index >= 15 is 0 Å². The Hall–Kier alpha value is -4.52. The Balaban J connectivity index is 1.70. The molecule has 0 spiro atoms. The molecule has 0 fully saturated rings. The summed E-state index contributed by atoms with van der Waals surface area (Å²) < 4.78 is 1.22. The number of carboxylic acids is 1. The van der Waals surface area contributed by atoms with E-state index in [2.05, 4.69) is 16.3 Å². The fourth-order valence-corrected chi connectivity index (χ4v) is 4.14. The van der Waals surface area contributed by atoms with Crippen molar-refractivity contribution in [2.75, 3.05) is 0 Å². The molecule has 176 valence electrons. The van der Waals surface area contributed by atoms with Gasteiger partial charge in [0.05, 0.1) is 5.56 Å². The maximum absolute atomic E-state index is 11.8. The standard InChI is InChI=1S/C28H25N3O4/c1-18-5-3-4-6-23(18)24(17-26(30-35)25-15-16-27(32)31(2)29-25)21-11-7-19(8-12-21)20-9-13-22(14-10-20)28(33)34/h3-16,24,35H,17H2,1-2H3,(H,33,34)/b30-26+/t24-/m1/s1. The van der Waals surface area contributed by atoms with Gasteiger partial charge in [0.2, 0.25) is 0 Å². The molecule has 0 aliphatic heterocycles. The number of rotatable bonds is 7. The summed E-state index contributed by atoms with van der Waals surface area (Å²) in [7, 11) is 1.56. The van der Waals surface area contributed by atoms with Gasteiger partial charge in [-0.25, -0.2) is 9.48 Å². The fraction of sp³-hybridized carbons (Fsp3) is 0.143. The van der Waals surface area contributed by atoms with Crippen molar-refractivity contribution in [1.29, 1.82) is 0 Å². The molecule has 1 heterocycles. The third-order valence-electron chi connectivity index (χ3n) is 6.12. The van der Waals surface area contributed by atoms with Gasteiger partial charge in [0.15, 0.2) is 0 Å². The second-order valence-electron chi connectivity index (χ2n) is 8.34. The van der Waals surface area contributed by atoms with Gasteiger partial charge in [-0.3, -0.25) is 4.79 Å². The molecule has 4 aromatic rings. The van der Waals surface area contributed by atoms with Crippen LogP contribution in [0, 0.1) is 6.92 Å². The van der Waals surface area contributed by atoms with Crippen LogP contribution in [-0.2, 0) is 7.05 Å². The first-order valence-electron chi connectivity index (χ1n) is 11.1. The highest BCUT2D eigenvalue weighted by molar-refractivity contribution is 5.99. The van der Waals surface area contributed by atoms with E-state index in [1.165, 1.54) is 10.7 Å². The van der Waals surface area contributed by atoms with Gasteiger partial charge in [-0.1, -0.05) is 65.8 Å². The molecule has 0 unspecified atom stereocenters. The topological polar surface area (TPSA) is 105 Å². The number of aromatic nitrogens is 2. The number of oxime groups is 1. The average Bonchev–Trinajstić information content (AvgIpc) is 2.87. The fourth-order valence-electron chi connectivity index (χ4n) is 4.14. The molecule has 35 heavy (non-hydrogen) atoms. The summed E-state index contributed by atoms with van der Waals surface area (Å²) in [6.07, 6.45) is 0.374. The van der Waals surface area contributed by atoms with Crippen LogP contribution in [0.25, 0.3) is 11.1 Å². The Morgan fingerprint density at radius 1 is 0.943 bits per heavy atom. The molecule has 0 radical (unpaired) electrons. The lowest BCUT2D eigenvalue weighted by molar-refractivity contribution is 0.0697. The van der Waals surface area contributed by atoms with Crippen LogP contribution in [0.15, 0.2) is 94.9 Å². The lowest BCUT2D eigenvalue weighted by atomic mass is 9.83. The van der Waals surface area contributed by atoms with Crippen LogP contribution in [0.2, 0.25) is 0 Å². The minimum Gasteiger partial charge on any atom is -0.478 e. The summed E-state index contributed by atoms with van der Waals surface area (Å²) in [4.78, 5) is 22.9. The van der Waals surface area contributed by atoms with E-state index in [4.69, 9.17) is 5.11 Å². The Kier molecular flexibility index (Phi) is 6.87. The van der Waals surface area contributed by atoms with Crippen molar-refractivity contribution in [3.63, 3.8) is 0 Å². The Morgan fingerprint density at radius 3 is 2.14 bits per heavy atom. The minimum atomic E-state index is -0.956. The second-order valence-corrected chi connectivity index (χ2v) is 8.34. The van der Waals surface area contributed by atoms with Gasteiger partial charge in [-0.05, 0) is 52.9 Å². The van der Waals surface area contributed by atoms with E-state index in [-0.39, 0.29) is 17.0 Å². The SMILES string of the molecule is Cc1ccccc1[C@H](C/C(=N\O)c1ccc(=O)n(C)n1)c1ccc(-c2ccc(C(=O)O)cc2)cc1. The van der Waals surface area contributed by atoms with Crippen LogP contribution in [0.1, 0.15) is 45.1 Å². The molecule has 1 aromatic heterocycles. The molecule has 7 nitrogen and oxygen atoms in total. The van der Waals surface area contributed by atoms with Gasteiger partial charge in [-0.15, -0.1) is 0 Å². The summed E-state index contributed by atoms with van der Waals surface area (Å²) >= 11 is 0. The zero-order valence-electron chi connectivity index (χ0n) is 19.4. The summed E-state index contributed by atoms with van der Waals surface area (Å²) in [6.45, 7) is 2.04. The van der Waals surface area contributed by atoms with Crippen molar-refractivity contribution in [1.82, 2.24) is 9.78 Å². The molecule has 0 bridgehead atoms. The van der Waals surface area contributed by atoms with Crippen molar-refractivity contribution in [2.45, 2.75) is 19.3 Å². The van der Waals surface area contributed by atoms with Gasteiger partial charge in [0.1, 0.15) is 11.4 Å². The number of aromatic carboxylic acids is 1. The number of carboxylic acid groups (broad SMARTS) is 1. The van der Waals surface area contributed by atoms with Crippen LogP contribution < -0.4 is 5.56 Å². The second kappa shape index (κ2) is 10.2. The predicted octanol–water partition coefficient (Wildman–Crippen LogP) is 4.85. The van der Waals surface area contributed by atoms with Crippen LogP contribution in [0.4, 0.5) is 0 Å². The molecule has 2 N–H and O–H groups in total. The van der Waals surface area contributed by atoms with E-state index < -0.39 is 5.97 Å². The molecule has 1 atom stereocenters. The minimum absolute atomic E-state index is 0.121. The highest BCUT2D eigenvalue weighted by atomic mass is 16.4. The molecular weight excluding hydrogens is 442 g/mol. The van der Waals surface area contributed by atoms with Gasteiger partial charge >= 0.3 is 5.97 Å². The van der Waals surface area contributed by atoms with Gasteiger partial charge in [0.25, 0.3) is 5.56 Å². The first-order chi connectivity index (χ1) is 16.9. The lowest BCUT2D eigenvalue weighted by Crippen LogP contribution is -2.22.